The van der Waals surface area contributed by atoms with Crippen LogP contribution in [0.3, 0.4) is 0 Å². The summed E-state index contributed by atoms with van der Waals surface area (Å²) in [4.78, 5) is 54.5. The number of nitrogens with one attached hydrogen (secondary N) is 1. The molecule has 2 aromatic rings. The van der Waals surface area contributed by atoms with Gasteiger partial charge in [-0.2, -0.15) is 0 Å². The summed E-state index contributed by atoms with van der Waals surface area (Å²) < 4.78 is 0. The van der Waals surface area contributed by atoms with E-state index < -0.39 is 6.04 Å². The molecule has 0 saturated carbocycles. The van der Waals surface area contributed by atoms with Crippen LogP contribution in [0.1, 0.15) is 72.7 Å². The molecule has 0 spiro atoms. The third kappa shape index (κ3) is 6.08. The Hall–Kier alpha value is -2.90. The second-order valence-electron chi connectivity index (χ2n) is 8.87. The Balaban J connectivity index is 1.76. The molecule has 1 aliphatic heterocycles. The standard InChI is InChI=1S/C27H31Cl2N3O4/c1-4-17(3)30-25(34)23(5-2)32(16-20-21(28)12-8-13-22(20)29)24(33)14-9-15-31-26(35)18-10-6-7-11-19(18)27(31)36/h6-8,10-13,17,23H,4-5,9,14-16H2,1-3H3,(H,30,34). The van der Waals surface area contributed by atoms with Gasteiger partial charge in [-0.05, 0) is 50.5 Å². The maximum absolute atomic E-state index is 13.5. The van der Waals surface area contributed by atoms with Gasteiger partial charge in [0.2, 0.25) is 11.8 Å². The molecule has 2 atom stereocenters. The van der Waals surface area contributed by atoms with Crippen LogP contribution in [-0.2, 0) is 16.1 Å². The van der Waals surface area contributed by atoms with Gasteiger partial charge in [-0.25, -0.2) is 0 Å². The van der Waals surface area contributed by atoms with Gasteiger partial charge in [-0.1, -0.05) is 55.2 Å². The van der Waals surface area contributed by atoms with Crippen LogP contribution in [0.4, 0.5) is 0 Å². The molecule has 3 rings (SSSR count). The fraction of sp³-hybridized carbons (Fsp3) is 0.407. The van der Waals surface area contributed by atoms with Crippen molar-refractivity contribution in [1.82, 2.24) is 15.1 Å². The summed E-state index contributed by atoms with van der Waals surface area (Å²) in [5.74, 6) is -1.25. The van der Waals surface area contributed by atoms with E-state index in [-0.39, 0.29) is 55.6 Å². The average molecular weight is 532 g/mol. The number of hydrogen-bond acceptors (Lipinski definition) is 4. The maximum atomic E-state index is 13.5. The van der Waals surface area contributed by atoms with Crippen LogP contribution in [-0.4, -0.2) is 52.1 Å². The first-order chi connectivity index (χ1) is 17.2. The number of fused-ring (bicyclic) bond motifs is 1. The normalized spacial score (nSPS) is 14.4. The summed E-state index contributed by atoms with van der Waals surface area (Å²) >= 11 is 12.7. The number of amides is 4. The largest absolute Gasteiger partial charge is 0.352 e. The van der Waals surface area contributed by atoms with Crippen molar-refractivity contribution >= 4 is 46.8 Å². The van der Waals surface area contributed by atoms with Crippen LogP contribution in [0.25, 0.3) is 0 Å². The lowest BCUT2D eigenvalue weighted by molar-refractivity contribution is -0.141. The summed E-state index contributed by atoms with van der Waals surface area (Å²) in [6.07, 6.45) is 1.46. The molecule has 9 heteroatoms. The van der Waals surface area contributed by atoms with Crippen molar-refractivity contribution in [3.63, 3.8) is 0 Å². The highest BCUT2D eigenvalue weighted by Gasteiger charge is 2.35. The lowest BCUT2D eigenvalue weighted by Crippen LogP contribution is -2.50. The molecule has 36 heavy (non-hydrogen) atoms. The smallest absolute Gasteiger partial charge is 0.261 e. The fourth-order valence-electron chi connectivity index (χ4n) is 4.19. The first-order valence-corrected chi connectivity index (χ1v) is 12.9. The van der Waals surface area contributed by atoms with Gasteiger partial charge in [0.15, 0.2) is 0 Å². The van der Waals surface area contributed by atoms with Crippen molar-refractivity contribution in [2.24, 2.45) is 0 Å². The summed E-state index contributed by atoms with van der Waals surface area (Å²) in [5.41, 5.74) is 1.30. The molecule has 0 aromatic heterocycles. The van der Waals surface area contributed by atoms with E-state index in [1.165, 1.54) is 9.80 Å². The summed E-state index contributed by atoms with van der Waals surface area (Å²) in [6.45, 7) is 5.89. The van der Waals surface area contributed by atoms with Gasteiger partial charge >= 0.3 is 0 Å². The Morgan fingerprint density at radius 1 is 0.944 bits per heavy atom. The van der Waals surface area contributed by atoms with Crippen LogP contribution < -0.4 is 5.32 Å². The molecule has 0 aliphatic carbocycles. The number of carbonyl (C=O) groups excluding carboxylic acids is 4. The highest BCUT2D eigenvalue weighted by molar-refractivity contribution is 6.36. The molecule has 0 bridgehead atoms. The van der Waals surface area contributed by atoms with E-state index in [2.05, 4.69) is 5.32 Å². The fourth-order valence-corrected chi connectivity index (χ4v) is 4.71. The lowest BCUT2D eigenvalue weighted by atomic mass is 10.1. The Bertz CT molecular complexity index is 1100. The number of hydrogen-bond donors (Lipinski definition) is 1. The third-order valence-electron chi connectivity index (χ3n) is 6.43. The van der Waals surface area contributed by atoms with Crippen molar-refractivity contribution in [3.05, 3.63) is 69.2 Å². The Morgan fingerprint density at radius 3 is 2.06 bits per heavy atom. The number of imide groups is 1. The van der Waals surface area contributed by atoms with Crippen LogP contribution in [0.15, 0.2) is 42.5 Å². The van der Waals surface area contributed by atoms with Gasteiger partial charge in [0, 0.05) is 41.2 Å². The minimum atomic E-state index is -0.724. The zero-order chi connectivity index (χ0) is 26.4. The maximum Gasteiger partial charge on any atom is 0.261 e. The van der Waals surface area contributed by atoms with E-state index in [9.17, 15) is 19.2 Å². The monoisotopic (exact) mass is 531 g/mol. The second-order valence-corrected chi connectivity index (χ2v) is 9.69. The topological polar surface area (TPSA) is 86.8 Å². The van der Waals surface area contributed by atoms with E-state index in [1.807, 2.05) is 20.8 Å². The molecule has 4 amide bonds. The number of nitrogens with zero attached hydrogens (tertiary/aromatic N) is 2. The van der Waals surface area contributed by atoms with Gasteiger partial charge in [-0.3, -0.25) is 24.1 Å². The summed E-state index contributed by atoms with van der Waals surface area (Å²) in [6, 6.07) is 11.0. The van der Waals surface area contributed by atoms with E-state index in [1.54, 1.807) is 42.5 Å². The van der Waals surface area contributed by atoms with Gasteiger partial charge in [-0.15, -0.1) is 0 Å². The van der Waals surface area contributed by atoms with E-state index >= 15 is 0 Å². The molecule has 0 radical (unpaired) electrons. The minimum Gasteiger partial charge on any atom is -0.352 e. The SMILES string of the molecule is CCC(C)NC(=O)C(CC)N(Cc1c(Cl)cccc1Cl)C(=O)CCCN1C(=O)c2ccccc2C1=O. The molecular formula is C27H31Cl2N3O4. The van der Waals surface area contributed by atoms with E-state index in [0.717, 1.165) is 6.42 Å². The molecule has 0 fully saturated rings. The van der Waals surface area contributed by atoms with Crippen molar-refractivity contribution in [2.45, 2.75) is 65.1 Å². The highest BCUT2D eigenvalue weighted by atomic mass is 35.5. The second kappa shape index (κ2) is 12.4. The van der Waals surface area contributed by atoms with Gasteiger partial charge in [0.1, 0.15) is 6.04 Å². The number of benzene rings is 2. The van der Waals surface area contributed by atoms with Gasteiger partial charge < -0.3 is 10.2 Å². The zero-order valence-electron chi connectivity index (χ0n) is 20.7. The Kier molecular flexibility index (Phi) is 9.51. The quantitative estimate of drug-likeness (QED) is 0.409. The zero-order valence-corrected chi connectivity index (χ0v) is 22.2. The Labute approximate surface area is 221 Å². The van der Waals surface area contributed by atoms with E-state index in [0.29, 0.717) is 33.2 Å². The molecular weight excluding hydrogens is 501 g/mol. The third-order valence-corrected chi connectivity index (χ3v) is 7.14. The number of halogens is 2. The predicted octanol–water partition coefficient (Wildman–Crippen LogP) is 5.09. The number of rotatable bonds is 11. The van der Waals surface area contributed by atoms with Crippen LogP contribution in [0.2, 0.25) is 10.0 Å². The molecule has 0 saturated heterocycles. The predicted molar refractivity (Wildman–Crippen MR) is 140 cm³/mol. The molecule has 2 unspecified atom stereocenters. The molecule has 1 N–H and O–H groups in total. The van der Waals surface area contributed by atoms with Gasteiger partial charge in [0.05, 0.1) is 11.1 Å². The molecule has 2 aromatic carbocycles. The molecule has 1 heterocycles. The van der Waals surface area contributed by atoms with Crippen molar-refractivity contribution in [3.8, 4) is 0 Å². The van der Waals surface area contributed by atoms with Crippen LogP contribution in [0.5, 0.6) is 0 Å². The van der Waals surface area contributed by atoms with Crippen molar-refractivity contribution in [2.75, 3.05) is 6.54 Å². The summed E-state index contributed by atoms with van der Waals surface area (Å²) in [5, 5.41) is 3.77. The van der Waals surface area contributed by atoms with E-state index in [4.69, 9.17) is 23.2 Å². The highest BCUT2D eigenvalue weighted by Crippen LogP contribution is 2.28. The molecule has 192 valence electrons. The number of carbonyl (C=O) groups is 4. The molecule has 1 aliphatic rings. The first-order valence-electron chi connectivity index (χ1n) is 12.2. The Morgan fingerprint density at radius 2 is 1.53 bits per heavy atom. The average Bonchev–Trinajstić information content (AvgIpc) is 3.10. The van der Waals surface area contributed by atoms with Crippen LogP contribution >= 0.6 is 23.2 Å². The van der Waals surface area contributed by atoms with Gasteiger partial charge in [0.25, 0.3) is 11.8 Å². The molecule has 7 nitrogen and oxygen atoms in total. The van der Waals surface area contributed by atoms with Crippen LogP contribution in [0, 0.1) is 0 Å². The minimum absolute atomic E-state index is 0.0405. The van der Waals surface area contributed by atoms with Crippen molar-refractivity contribution < 1.29 is 19.2 Å². The van der Waals surface area contributed by atoms with Crippen molar-refractivity contribution in [1.29, 1.82) is 0 Å². The first kappa shape index (κ1) is 27.7. The summed E-state index contributed by atoms with van der Waals surface area (Å²) in [7, 11) is 0. The lowest BCUT2D eigenvalue weighted by Gasteiger charge is -2.32.